The van der Waals surface area contributed by atoms with E-state index in [2.05, 4.69) is 19.2 Å². The van der Waals surface area contributed by atoms with Crippen LogP contribution in [0.4, 0.5) is 0 Å². The van der Waals surface area contributed by atoms with Crippen molar-refractivity contribution in [2.24, 2.45) is 5.92 Å². The van der Waals surface area contributed by atoms with Crippen molar-refractivity contribution in [3.63, 3.8) is 0 Å². The predicted molar refractivity (Wildman–Crippen MR) is 79.7 cm³/mol. The van der Waals surface area contributed by atoms with Gasteiger partial charge in [-0.2, -0.15) is 0 Å². The van der Waals surface area contributed by atoms with Crippen molar-refractivity contribution in [1.29, 1.82) is 0 Å². The molecule has 1 aliphatic carbocycles. The average molecular weight is 278 g/mol. The molecule has 1 aromatic heterocycles. The lowest BCUT2D eigenvalue weighted by atomic mass is 9.95. The number of hydrogen-bond donors (Lipinski definition) is 2. The third-order valence-corrected chi connectivity index (χ3v) is 3.84. The average Bonchev–Trinajstić information content (AvgIpc) is 3.11. The van der Waals surface area contributed by atoms with Crippen molar-refractivity contribution < 1.29 is 9.90 Å². The van der Waals surface area contributed by atoms with Gasteiger partial charge in [-0.15, -0.1) is 0 Å². The zero-order chi connectivity index (χ0) is 14.8. The van der Waals surface area contributed by atoms with E-state index in [1.54, 1.807) is 6.92 Å². The Balaban J connectivity index is 1.86. The molecule has 1 saturated carbocycles. The van der Waals surface area contributed by atoms with Gasteiger partial charge >= 0.3 is 0 Å². The molecule has 0 bridgehead atoms. The Labute approximate surface area is 121 Å². The highest BCUT2D eigenvalue weighted by molar-refractivity contribution is 5.92. The van der Waals surface area contributed by atoms with Gasteiger partial charge in [0.05, 0.1) is 5.60 Å². The minimum atomic E-state index is -0.836. The second-order valence-electron chi connectivity index (χ2n) is 6.64. The van der Waals surface area contributed by atoms with Gasteiger partial charge in [-0.1, -0.05) is 13.8 Å². The molecule has 1 unspecified atom stereocenters. The van der Waals surface area contributed by atoms with Crippen LogP contribution >= 0.6 is 0 Å². The van der Waals surface area contributed by atoms with Crippen LogP contribution < -0.4 is 5.32 Å². The molecule has 0 spiro atoms. The van der Waals surface area contributed by atoms with Crippen LogP contribution in [-0.4, -0.2) is 27.7 Å². The van der Waals surface area contributed by atoms with Gasteiger partial charge in [0.15, 0.2) is 0 Å². The van der Waals surface area contributed by atoms with Crippen LogP contribution in [0, 0.1) is 5.92 Å². The Bertz CT molecular complexity index is 459. The minimum absolute atomic E-state index is 0.0910. The topological polar surface area (TPSA) is 54.3 Å². The van der Waals surface area contributed by atoms with E-state index in [1.807, 2.05) is 22.9 Å². The summed E-state index contributed by atoms with van der Waals surface area (Å²) in [6, 6.07) is 4.24. The van der Waals surface area contributed by atoms with Crippen molar-refractivity contribution in [1.82, 2.24) is 9.88 Å². The van der Waals surface area contributed by atoms with Gasteiger partial charge in [-0.25, -0.2) is 0 Å². The minimum Gasteiger partial charge on any atom is -0.388 e. The Morgan fingerprint density at radius 3 is 2.85 bits per heavy atom. The number of carbonyl (C=O) groups excluding carboxylic acids is 1. The lowest BCUT2D eigenvalue weighted by Gasteiger charge is -2.24. The standard InChI is InChI=1S/C16H26N2O2/c1-12(2)8-9-16(3,20)11-17-15(19)14-5-4-10-18(14)13-6-7-13/h4-5,10,12-13,20H,6-9,11H2,1-3H3,(H,17,19). The highest BCUT2D eigenvalue weighted by Gasteiger charge is 2.27. The van der Waals surface area contributed by atoms with Gasteiger partial charge in [-0.05, 0) is 50.7 Å². The maximum absolute atomic E-state index is 12.2. The van der Waals surface area contributed by atoms with Crippen LogP contribution in [-0.2, 0) is 0 Å². The number of nitrogens with zero attached hydrogens (tertiary/aromatic N) is 1. The Kier molecular flexibility index (Phi) is 4.53. The highest BCUT2D eigenvalue weighted by atomic mass is 16.3. The molecule has 2 rings (SSSR count). The van der Waals surface area contributed by atoms with Crippen LogP contribution in [0.1, 0.15) is 63.0 Å². The summed E-state index contributed by atoms with van der Waals surface area (Å²) in [4.78, 5) is 12.2. The molecule has 1 aliphatic rings. The first kappa shape index (κ1) is 15.1. The maximum Gasteiger partial charge on any atom is 0.268 e. The van der Waals surface area contributed by atoms with Crippen LogP contribution in [0.25, 0.3) is 0 Å². The predicted octanol–water partition coefficient (Wildman–Crippen LogP) is 2.74. The summed E-state index contributed by atoms with van der Waals surface area (Å²) in [7, 11) is 0. The molecule has 112 valence electrons. The first-order valence-electron chi connectivity index (χ1n) is 7.56. The quantitative estimate of drug-likeness (QED) is 0.805. The normalized spacial score (nSPS) is 18.1. The van der Waals surface area contributed by atoms with Crippen LogP contribution in [0.5, 0.6) is 0 Å². The second-order valence-corrected chi connectivity index (χ2v) is 6.64. The molecule has 1 fully saturated rings. The molecule has 2 N–H and O–H groups in total. The summed E-state index contributed by atoms with van der Waals surface area (Å²) in [6.07, 6.45) is 5.93. The molecule has 4 heteroatoms. The molecular weight excluding hydrogens is 252 g/mol. The fourth-order valence-electron chi connectivity index (χ4n) is 2.31. The molecule has 0 aliphatic heterocycles. The van der Waals surface area contributed by atoms with Crippen LogP contribution in [0.3, 0.4) is 0 Å². The molecule has 0 saturated heterocycles. The van der Waals surface area contributed by atoms with E-state index in [9.17, 15) is 9.90 Å². The molecular formula is C16H26N2O2. The third-order valence-electron chi connectivity index (χ3n) is 3.84. The number of hydrogen-bond acceptors (Lipinski definition) is 2. The van der Waals surface area contributed by atoms with Crippen molar-refractivity contribution >= 4 is 5.91 Å². The number of amides is 1. The van der Waals surface area contributed by atoms with E-state index in [4.69, 9.17) is 0 Å². The van der Waals surface area contributed by atoms with Gasteiger partial charge in [0.2, 0.25) is 0 Å². The molecule has 1 atom stereocenters. The zero-order valence-corrected chi connectivity index (χ0v) is 12.7. The summed E-state index contributed by atoms with van der Waals surface area (Å²) >= 11 is 0. The monoisotopic (exact) mass is 278 g/mol. The first-order valence-corrected chi connectivity index (χ1v) is 7.56. The van der Waals surface area contributed by atoms with Crippen molar-refractivity contribution in [3.05, 3.63) is 24.0 Å². The third kappa shape index (κ3) is 4.10. The molecule has 1 aromatic rings. The van der Waals surface area contributed by atoms with Gasteiger partial charge in [0, 0.05) is 18.8 Å². The summed E-state index contributed by atoms with van der Waals surface area (Å²) < 4.78 is 2.04. The Morgan fingerprint density at radius 2 is 2.25 bits per heavy atom. The number of aromatic nitrogens is 1. The Morgan fingerprint density at radius 1 is 1.55 bits per heavy atom. The first-order chi connectivity index (χ1) is 9.39. The van der Waals surface area contributed by atoms with E-state index in [1.165, 1.54) is 0 Å². The number of carbonyl (C=O) groups is 1. The van der Waals surface area contributed by atoms with Crippen molar-refractivity contribution in [2.45, 2.75) is 58.1 Å². The summed E-state index contributed by atoms with van der Waals surface area (Å²) in [5, 5.41) is 13.1. The molecule has 1 heterocycles. The van der Waals surface area contributed by atoms with Gasteiger partial charge in [0.1, 0.15) is 5.69 Å². The van der Waals surface area contributed by atoms with Gasteiger partial charge < -0.3 is 15.0 Å². The molecule has 1 amide bonds. The van der Waals surface area contributed by atoms with Crippen molar-refractivity contribution in [3.8, 4) is 0 Å². The van der Waals surface area contributed by atoms with E-state index in [0.29, 0.717) is 30.6 Å². The lowest BCUT2D eigenvalue weighted by molar-refractivity contribution is 0.0427. The largest absolute Gasteiger partial charge is 0.388 e. The van der Waals surface area contributed by atoms with Crippen LogP contribution in [0.2, 0.25) is 0 Å². The second kappa shape index (κ2) is 6.00. The molecule has 20 heavy (non-hydrogen) atoms. The maximum atomic E-state index is 12.2. The highest BCUT2D eigenvalue weighted by Crippen LogP contribution is 2.35. The number of nitrogens with one attached hydrogen (secondary N) is 1. The van der Waals surface area contributed by atoms with E-state index < -0.39 is 5.60 Å². The Hall–Kier alpha value is -1.29. The van der Waals surface area contributed by atoms with E-state index >= 15 is 0 Å². The van der Waals surface area contributed by atoms with E-state index in [0.717, 1.165) is 19.3 Å². The molecule has 0 aromatic carbocycles. The molecule has 0 radical (unpaired) electrons. The van der Waals surface area contributed by atoms with Crippen LogP contribution in [0.15, 0.2) is 18.3 Å². The van der Waals surface area contributed by atoms with Gasteiger partial charge in [0.25, 0.3) is 5.91 Å². The number of rotatable bonds is 7. The van der Waals surface area contributed by atoms with Crippen molar-refractivity contribution in [2.75, 3.05) is 6.54 Å². The summed E-state index contributed by atoms with van der Waals surface area (Å²) in [5.41, 5.74) is -0.135. The lowest BCUT2D eigenvalue weighted by Crippen LogP contribution is -2.41. The molecule has 4 nitrogen and oxygen atoms in total. The zero-order valence-electron chi connectivity index (χ0n) is 12.7. The van der Waals surface area contributed by atoms with E-state index in [-0.39, 0.29) is 5.91 Å². The summed E-state index contributed by atoms with van der Waals surface area (Å²) in [5.74, 6) is 0.469. The number of aliphatic hydroxyl groups is 1. The SMILES string of the molecule is CC(C)CCC(C)(O)CNC(=O)c1cccn1C1CC1. The fourth-order valence-corrected chi connectivity index (χ4v) is 2.31. The fraction of sp³-hybridized carbons (Fsp3) is 0.688. The summed E-state index contributed by atoms with van der Waals surface area (Å²) in [6.45, 7) is 6.36. The smallest absolute Gasteiger partial charge is 0.268 e. The van der Waals surface area contributed by atoms with Gasteiger partial charge in [-0.3, -0.25) is 4.79 Å².